The van der Waals surface area contributed by atoms with Gasteiger partial charge in [0.25, 0.3) is 0 Å². The van der Waals surface area contributed by atoms with Crippen molar-refractivity contribution in [2.24, 2.45) is 0 Å². The summed E-state index contributed by atoms with van der Waals surface area (Å²) in [5.41, 5.74) is 1.26. The molecule has 1 rings (SSSR count). The predicted octanol–water partition coefficient (Wildman–Crippen LogP) is 4.50. The molecule has 0 fully saturated rings. The first kappa shape index (κ1) is 16.9. The Morgan fingerprint density at radius 1 is 1.07 bits per heavy atom. The highest BCUT2D eigenvalue weighted by Gasteiger charge is 1.88. The van der Waals surface area contributed by atoms with Crippen molar-refractivity contribution >= 4 is 11.6 Å². The van der Waals surface area contributed by atoms with Gasteiger partial charge in [-0.2, -0.15) is 0 Å². The molecule has 0 aliphatic carbocycles. The van der Waals surface area contributed by atoms with Crippen LogP contribution in [-0.4, -0.2) is 7.05 Å². The van der Waals surface area contributed by atoms with Crippen LogP contribution in [0.1, 0.15) is 39.7 Å². The van der Waals surface area contributed by atoms with E-state index >= 15 is 0 Å². The Balaban J connectivity index is 0. The number of benzene rings is 1. The highest BCUT2D eigenvalue weighted by Crippen LogP contribution is 2.08. The quantitative estimate of drug-likeness (QED) is 0.788. The molecular formula is C13H24ClN. The molecule has 88 valence electrons. The second-order valence-electron chi connectivity index (χ2n) is 2.86. The van der Waals surface area contributed by atoms with Gasteiger partial charge in [0, 0.05) is 11.6 Å². The van der Waals surface area contributed by atoms with Crippen LogP contribution < -0.4 is 5.32 Å². The summed E-state index contributed by atoms with van der Waals surface area (Å²) in [6.07, 6.45) is 1.25. The fourth-order valence-corrected chi connectivity index (χ4v) is 0.932. The van der Waals surface area contributed by atoms with Gasteiger partial charge in [-0.1, -0.05) is 57.8 Å². The fourth-order valence-electron chi connectivity index (χ4n) is 0.806. The van der Waals surface area contributed by atoms with Crippen LogP contribution >= 0.6 is 11.6 Å². The van der Waals surface area contributed by atoms with Crippen LogP contribution in [0.2, 0.25) is 5.02 Å². The molecule has 1 nitrogen and oxygen atoms in total. The van der Waals surface area contributed by atoms with E-state index in [1.807, 2.05) is 45.2 Å². The summed E-state index contributed by atoms with van der Waals surface area (Å²) < 4.78 is 0. The zero-order chi connectivity index (χ0) is 12.1. The summed E-state index contributed by atoms with van der Waals surface area (Å²) in [6, 6.07) is 7.82. The van der Waals surface area contributed by atoms with E-state index in [1.54, 1.807) is 0 Å². The molecule has 0 radical (unpaired) electrons. The van der Waals surface area contributed by atoms with E-state index < -0.39 is 0 Å². The zero-order valence-corrected chi connectivity index (χ0v) is 11.4. The van der Waals surface area contributed by atoms with E-state index in [2.05, 4.69) is 19.2 Å². The molecule has 0 amide bonds. The Morgan fingerprint density at radius 2 is 1.47 bits per heavy atom. The zero-order valence-electron chi connectivity index (χ0n) is 10.6. The molecule has 0 aliphatic heterocycles. The van der Waals surface area contributed by atoms with E-state index in [4.69, 9.17) is 11.6 Å². The molecule has 0 saturated heterocycles. The molecule has 2 heteroatoms. The van der Waals surface area contributed by atoms with Gasteiger partial charge in [0.2, 0.25) is 0 Å². The predicted molar refractivity (Wildman–Crippen MR) is 71.5 cm³/mol. The maximum atomic E-state index is 5.69. The lowest BCUT2D eigenvalue weighted by molar-refractivity contribution is 0.818. The molecule has 0 aliphatic rings. The summed E-state index contributed by atoms with van der Waals surface area (Å²) in [6.45, 7) is 9.15. The average molecular weight is 230 g/mol. The van der Waals surface area contributed by atoms with Crippen LogP contribution in [0.5, 0.6) is 0 Å². The molecular weight excluding hydrogens is 206 g/mol. The van der Waals surface area contributed by atoms with Crippen molar-refractivity contribution < 1.29 is 0 Å². The van der Waals surface area contributed by atoms with Gasteiger partial charge < -0.3 is 5.32 Å². The third-order valence-corrected chi connectivity index (χ3v) is 1.55. The van der Waals surface area contributed by atoms with Gasteiger partial charge in [-0.05, 0) is 24.7 Å². The van der Waals surface area contributed by atoms with Crippen molar-refractivity contribution in [3.8, 4) is 0 Å². The lowest BCUT2D eigenvalue weighted by atomic mass is 10.2. The molecule has 0 aromatic heterocycles. The molecule has 0 spiro atoms. The lowest BCUT2D eigenvalue weighted by Gasteiger charge is -1.97. The minimum Gasteiger partial charge on any atom is -0.316 e. The largest absolute Gasteiger partial charge is 0.316 e. The molecule has 1 aromatic rings. The second kappa shape index (κ2) is 13.5. The van der Waals surface area contributed by atoms with Crippen molar-refractivity contribution in [1.29, 1.82) is 0 Å². The molecule has 0 heterocycles. The first-order valence-electron chi connectivity index (χ1n) is 5.63. The van der Waals surface area contributed by atoms with E-state index in [9.17, 15) is 0 Å². The van der Waals surface area contributed by atoms with Gasteiger partial charge in [0.15, 0.2) is 0 Å². The first-order valence-corrected chi connectivity index (χ1v) is 6.01. The smallest absolute Gasteiger partial charge is 0.0406 e. The Labute approximate surface area is 99.9 Å². The lowest BCUT2D eigenvalue weighted by Crippen LogP contribution is -2.04. The number of hydrogen-bond acceptors (Lipinski definition) is 1. The highest BCUT2D eigenvalue weighted by atomic mass is 35.5. The molecule has 0 atom stereocenters. The third kappa shape index (κ3) is 11.4. The van der Waals surface area contributed by atoms with E-state index in [1.165, 1.54) is 12.0 Å². The minimum absolute atomic E-state index is 0.792. The molecule has 1 N–H and O–H groups in total. The van der Waals surface area contributed by atoms with Crippen molar-refractivity contribution in [2.75, 3.05) is 7.05 Å². The summed E-state index contributed by atoms with van der Waals surface area (Å²) >= 11 is 5.69. The Kier molecular flexibility index (Phi) is 15.2. The summed E-state index contributed by atoms with van der Waals surface area (Å²) in [4.78, 5) is 0. The maximum absolute atomic E-state index is 5.69. The number of rotatable bonds is 2. The van der Waals surface area contributed by atoms with Gasteiger partial charge in [-0.3, -0.25) is 0 Å². The molecule has 0 bridgehead atoms. The van der Waals surface area contributed by atoms with Crippen LogP contribution in [0.15, 0.2) is 24.3 Å². The van der Waals surface area contributed by atoms with Crippen molar-refractivity contribution in [3.05, 3.63) is 34.9 Å². The highest BCUT2D eigenvalue weighted by molar-refractivity contribution is 6.30. The van der Waals surface area contributed by atoms with Gasteiger partial charge in [-0.15, -0.1) is 0 Å². The second-order valence-corrected chi connectivity index (χ2v) is 3.30. The van der Waals surface area contributed by atoms with Crippen molar-refractivity contribution in [2.45, 2.75) is 40.7 Å². The SMILES string of the molecule is CC.CCC.CNCc1ccc(Cl)cc1. The molecule has 0 unspecified atom stereocenters. The minimum atomic E-state index is 0.792. The molecule has 0 saturated carbocycles. The number of halogens is 1. The molecule has 15 heavy (non-hydrogen) atoms. The van der Waals surface area contributed by atoms with Gasteiger partial charge in [-0.25, -0.2) is 0 Å². The van der Waals surface area contributed by atoms with Crippen LogP contribution in [0.25, 0.3) is 0 Å². The summed E-state index contributed by atoms with van der Waals surface area (Å²) in [5, 5.41) is 3.85. The maximum Gasteiger partial charge on any atom is 0.0406 e. The van der Waals surface area contributed by atoms with Gasteiger partial charge >= 0.3 is 0 Å². The Hall–Kier alpha value is -0.530. The van der Waals surface area contributed by atoms with Crippen LogP contribution in [0.3, 0.4) is 0 Å². The Morgan fingerprint density at radius 3 is 1.80 bits per heavy atom. The fraction of sp³-hybridized carbons (Fsp3) is 0.538. The first-order chi connectivity index (χ1) is 7.24. The van der Waals surface area contributed by atoms with E-state index in [0.29, 0.717) is 0 Å². The number of nitrogens with one attached hydrogen (secondary N) is 1. The summed E-state index contributed by atoms with van der Waals surface area (Å²) in [5.74, 6) is 0. The van der Waals surface area contributed by atoms with Gasteiger partial charge in [0.05, 0.1) is 0 Å². The monoisotopic (exact) mass is 229 g/mol. The number of hydrogen-bond donors (Lipinski definition) is 1. The molecule has 1 aromatic carbocycles. The summed E-state index contributed by atoms with van der Waals surface area (Å²) in [7, 11) is 1.93. The van der Waals surface area contributed by atoms with E-state index in [-0.39, 0.29) is 0 Å². The van der Waals surface area contributed by atoms with Crippen LogP contribution in [0, 0.1) is 0 Å². The van der Waals surface area contributed by atoms with Crippen molar-refractivity contribution in [3.63, 3.8) is 0 Å². The van der Waals surface area contributed by atoms with Crippen molar-refractivity contribution in [1.82, 2.24) is 5.32 Å². The van der Waals surface area contributed by atoms with Crippen LogP contribution in [0.4, 0.5) is 0 Å². The standard InChI is InChI=1S/C8H10ClN.C3H8.C2H6/c1-10-6-7-2-4-8(9)5-3-7;1-3-2;1-2/h2-5,10H,6H2,1H3;3H2,1-2H3;1-2H3. The van der Waals surface area contributed by atoms with Gasteiger partial charge in [0.1, 0.15) is 0 Å². The topological polar surface area (TPSA) is 12.0 Å². The van der Waals surface area contributed by atoms with E-state index in [0.717, 1.165) is 11.6 Å². The normalized spacial score (nSPS) is 8.13. The third-order valence-electron chi connectivity index (χ3n) is 1.29. The average Bonchev–Trinajstić information content (AvgIpc) is 2.26. The Bertz CT molecular complexity index is 206. The van der Waals surface area contributed by atoms with Crippen LogP contribution in [-0.2, 0) is 6.54 Å².